The Hall–Kier alpha value is -4.14. The quantitative estimate of drug-likeness (QED) is 0.119. The number of hydroxylamine groups is 2. The van der Waals surface area contributed by atoms with Gasteiger partial charge in [0.25, 0.3) is 0 Å². The second-order valence-electron chi connectivity index (χ2n) is 16.2. The topological polar surface area (TPSA) is 147 Å². The van der Waals surface area contributed by atoms with Gasteiger partial charge in [-0.25, -0.2) is 0 Å². The van der Waals surface area contributed by atoms with E-state index in [-0.39, 0.29) is 38.4 Å². The number of unbranched alkanes of at least 4 members (excludes halogenated alkanes) is 4. The molecule has 3 heterocycles. The van der Waals surface area contributed by atoms with Crippen molar-refractivity contribution in [3.05, 3.63) is 77.4 Å². The molecule has 310 valence electrons. The summed E-state index contributed by atoms with van der Waals surface area (Å²) in [6, 6.07) is 14.9. The van der Waals surface area contributed by atoms with Crippen LogP contribution in [0.1, 0.15) is 88.3 Å². The molecule has 1 aliphatic carbocycles. The summed E-state index contributed by atoms with van der Waals surface area (Å²) in [6.45, 7) is 4.20. The Morgan fingerprint density at radius 2 is 1.63 bits per heavy atom. The van der Waals surface area contributed by atoms with E-state index in [1.165, 1.54) is 15.9 Å². The van der Waals surface area contributed by atoms with Crippen LogP contribution in [0.5, 0.6) is 0 Å². The predicted molar refractivity (Wildman–Crippen MR) is 213 cm³/mol. The fraction of sp³-hybridized carbons (Fsp3) is 0.591. The summed E-state index contributed by atoms with van der Waals surface area (Å²) in [5, 5.41) is 13.9. The zero-order valence-corrected chi connectivity index (χ0v) is 34.1. The third-order valence-electron chi connectivity index (χ3n) is 11.9. The Kier molecular flexibility index (Phi) is 13.9. The van der Waals surface area contributed by atoms with Crippen molar-refractivity contribution in [3.8, 4) is 0 Å². The Balaban J connectivity index is 1.39. The van der Waals surface area contributed by atoms with Crippen molar-refractivity contribution in [3.63, 3.8) is 0 Å². The minimum Gasteiger partial charge on any atom is -0.458 e. The number of likely N-dealkylation sites (N-methyl/N-ethyl adjacent to an activating group) is 2. The Morgan fingerprint density at radius 1 is 0.947 bits per heavy atom. The fourth-order valence-corrected chi connectivity index (χ4v) is 8.98. The number of ether oxygens (including phenoxy) is 3. The van der Waals surface area contributed by atoms with Crippen LogP contribution >= 0.6 is 0 Å². The van der Waals surface area contributed by atoms with Gasteiger partial charge in [-0.2, -0.15) is 5.06 Å². The van der Waals surface area contributed by atoms with Crippen LogP contribution in [0.3, 0.4) is 0 Å². The molecule has 7 atom stereocenters. The van der Waals surface area contributed by atoms with Crippen molar-refractivity contribution in [1.82, 2.24) is 20.2 Å². The van der Waals surface area contributed by atoms with Crippen LogP contribution in [0.25, 0.3) is 6.08 Å². The van der Waals surface area contributed by atoms with Crippen LogP contribution in [0.4, 0.5) is 0 Å². The summed E-state index contributed by atoms with van der Waals surface area (Å²) in [6.07, 6.45) is 7.71. The first kappa shape index (κ1) is 42.5. The average Bonchev–Trinajstić information content (AvgIpc) is 3.76. The summed E-state index contributed by atoms with van der Waals surface area (Å²) in [7, 11) is 4.97. The summed E-state index contributed by atoms with van der Waals surface area (Å²) in [4.78, 5) is 65.9. The van der Waals surface area contributed by atoms with E-state index in [1.54, 1.807) is 32.3 Å². The Morgan fingerprint density at radius 3 is 2.30 bits per heavy atom. The lowest BCUT2D eigenvalue weighted by Crippen LogP contribution is -2.70. The standard InChI is InChI=1S/C44H60N4O9/c1-6-8-13-22-43(23-14-9-7-2)55-36-34-28-44(42(53)47(5)33(40(51)45-24-25-49)27-30-16-11-10-12-17-30)38(41(52)54-34)48(57-39(44)37(36)56-43)29-32-19-15-18-31(26-32)20-21-35(50)46(3)4/h10-12,15-21,26,33-34,36-39,49H,6-9,13-14,22-25,27-29H2,1-5H3,(H,45,51)/t33-,34-,36+,37+,38+,39-,44+/m1/s1. The molecule has 4 fully saturated rings. The monoisotopic (exact) mass is 788 g/mol. The van der Waals surface area contributed by atoms with Crippen LogP contribution in [-0.4, -0.2) is 120 Å². The van der Waals surface area contributed by atoms with Crippen molar-refractivity contribution in [2.75, 3.05) is 34.3 Å². The molecule has 0 unspecified atom stereocenters. The largest absolute Gasteiger partial charge is 0.458 e. The van der Waals surface area contributed by atoms with Gasteiger partial charge in [0, 0.05) is 59.4 Å². The number of esters is 1. The molecule has 2 aromatic carbocycles. The zero-order chi connectivity index (χ0) is 40.7. The van der Waals surface area contributed by atoms with E-state index in [0.717, 1.165) is 55.2 Å². The Labute approximate surface area is 336 Å². The fourth-order valence-electron chi connectivity index (χ4n) is 8.98. The molecule has 3 saturated heterocycles. The number of rotatable bonds is 19. The molecular weight excluding hydrogens is 729 g/mol. The first-order valence-corrected chi connectivity index (χ1v) is 20.6. The molecule has 2 aromatic rings. The number of carbonyl (C=O) groups excluding carboxylic acids is 4. The van der Waals surface area contributed by atoms with Gasteiger partial charge in [-0.05, 0) is 35.6 Å². The normalized spacial score (nSPS) is 26.5. The second-order valence-corrected chi connectivity index (χ2v) is 16.2. The van der Waals surface area contributed by atoms with Gasteiger partial charge in [0.15, 0.2) is 11.8 Å². The molecule has 4 aliphatic rings. The number of aliphatic hydroxyl groups excluding tert-OH is 1. The van der Waals surface area contributed by atoms with Gasteiger partial charge < -0.3 is 34.4 Å². The molecule has 57 heavy (non-hydrogen) atoms. The van der Waals surface area contributed by atoms with Crippen molar-refractivity contribution < 1.29 is 43.3 Å². The van der Waals surface area contributed by atoms with Crippen molar-refractivity contribution >= 4 is 29.8 Å². The highest BCUT2D eigenvalue weighted by Crippen LogP contribution is 2.58. The van der Waals surface area contributed by atoms with E-state index >= 15 is 4.79 Å². The van der Waals surface area contributed by atoms with Crippen LogP contribution in [0.2, 0.25) is 0 Å². The molecule has 2 bridgehead atoms. The number of amides is 3. The first-order valence-electron chi connectivity index (χ1n) is 20.6. The number of carbonyl (C=O) groups is 4. The van der Waals surface area contributed by atoms with Crippen LogP contribution in [0.15, 0.2) is 60.7 Å². The third kappa shape index (κ3) is 8.97. The number of fused-ring (bicyclic) bond motifs is 4. The minimum absolute atomic E-state index is 0.0263. The SMILES string of the molecule is CCCCCC1(CCCCC)O[C@@H]2[C@H](O1)[C@H]1ON(Cc3cccc(C=CC(=O)N(C)C)c3)[C@H]3C(=O)O[C@@H]2C[C@@]13C(=O)N(C)[C@H](Cc1ccccc1)C(=O)NCCO. The first-order chi connectivity index (χ1) is 27.5. The molecule has 13 heteroatoms. The highest BCUT2D eigenvalue weighted by molar-refractivity contribution is 5.96. The summed E-state index contributed by atoms with van der Waals surface area (Å²) in [5.41, 5.74) is 0.939. The van der Waals surface area contributed by atoms with E-state index < -0.39 is 65.5 Å². The van der Waals surface area contributed by atoms with Crippen molar-refractivity contribution in [2.45, 2.75) is 127 Å². The van der Waals surface area contributed by atoms with Gasteiger partial charge in [-0.1, -0.05) is 94.1 Å². The number of hydrogen-bond acceptors (Lipinski definition) is 10. The highest BCUT2D eigenvalue weighted by atomic mass is 16.8. The summed E-state index contributed by atoms with van der Waals surface area (Å²) >= 11 is 0. The molecule has 1 saturated carbocycles. The Bertz CT molecular complexity index is 1740. The second kappa shape index (κ2) is 18.6. The van der Waals surface area contributed by atoms with Gasteiger partial charge in [-0.15, -0.1) is 0 Å². The predicted octanol–water partition coefficient (Wildman–Crippen LogP) is 4.41. The maximum Gasteiger partial charge on any atom is 0.327 e. The average molecular weight is 789 g/mol. The lowest BCUT2D eigenvalue weighted by molar-refractivity contribution is -0.225. The van der Waals surface area contributed by atoms with E-state index in [2.05, 4.69) is 19.2 Å². The molecule has 13 nitrogen and oxygen atoms in total. The number of nitrogens with one attached hydrogen (secondary N) is 1. The number of hydrogen-bond donors (Lipinski definition) is 2. The van der Waals surface area contributed by atoms with Gasteiger partial charge >= 0.3 is 5.97 Å². The van der Waals surface area contributed by atoms with Gasteiger partial charge in [-0.3, -0.25) is 24.0 Å². The molecule has 0 spiro atoms. The van der Waals surface area contributed by atoms with Crippen LogP contribution in [0, 0.1) is 5.41 Å². The maximum absolute atomic E-state index is 15.5. The molecule has 0 radical (unpaired) electrons. The van der Waals surface area contributed by atoms with E-state index in [1.807, 2.05) is 54.6 Å². The van der Waals surface area contributed by atoms with Crippen LogP contribution < -0.4 is 5.32 Å². The van der Waals surface area contributed by atoms with E-state index in [4.69, 9.17) is 19.0 Å². The summed E-state index contributed by atoms with van der Waals surface area (Å²) in [5.74, 6) is -2.50. The molecule has 2 N–H and O–H groups in total. The van der Waals surface area contributed by atoms with Crippen molar-refractivity contribution in [1.29, 1.82) is 0 Å². The van der Waals surface area contributed by atoms with Crippen LogP contribution in [-0.2, 0) is 51.2 Å². The maximum atomic E-state index is 15.5. The lowest BCUT2D eigenvalue weighted by atomic mass is 9.62. The van der Waals surface area contributed by atoms with E-state index in [9.17, 15) is 19.5 Å². The highest BCUT2D eigenvalue weighted by Gasteiger charge is 2.76. The minimum atomic E-state index is -1.48. The number of nitrogens with zero attached hydrogens (tertiary/aromatic N) is 3. The smallest absolute Gasteiger partial charge is 0.327 e. The zero-order valence-electron chi connectivity index (χ0n) is 34.1. The van der Waals surface area contributed by atoms with Gasteiger partial charge in [0.1, 0.15) is 35.9 Å². The number of aliphatic hydroxyl groups is 1. The number of benzene rings is 2. The molecular formula is C44H60N4O9. The molecule has 6 rings (SSSR count). The third-order valence-corrected chi connectivity index (χ3v) is 11.9. The molecule has 3 amide bonds. The lowest BCUT2D eigenvalue weighted by Gasteiger charge is -2.50. The van der Waals surface area contributed by atoms with Gasteiger partial charge in [0.05, 0.1) is 13.2 Å². The molecule has 3 aliphatic heterocycles. The van der Waals surface area contributed by atoms with E-state index in [0.29, 0.717) is 12.8 Å². The molecule has 0 aromatic heterocycles. The van der Waals surface area contributed by atoms with Crippen molar-refractivity contribution in [2.24, 2.45) is 5.41 Å². The summed E-state index contributed by atoms with van der Waals surface area (Å²) < 4.78 is 20.2. The van der Waals surface area contributed by atoms with Gasteiger partial charge in [0.2, 0.25) is 17.7 Å².